The van der Waals surface area contributed by atoms with Crippen LogP contribution in [-0.2, 0) is 16.6 Å². The Bertz CT molecular complexity index is 557. The second-order valence-electron chi connectivity index (χ2n) is 6.03. The third kappa shape index (κ3) is 3.42. The number of thiophene rings is 1. The fourth-order valence-corrected chi connectivity index (χ4v) is 5.74. The van der Waals surface area contributed by atoms with E-state index < -0.39 is 10.0 Å². The zero-order chi connectivity index (χ0) is 14.8. The van der Waals surface area contributed by atoms with Gasteiger partial charge in [0.2, 0.25) is 10.0 Å². The number of sulfonamides is 1. The minimum atomic E-state index is -3.53. The highest BCUT2D eigenvalue weighted by Crippen LogP contribution is 2.35. The van der Waals surface area contributed by atoms with E-state index in [9.17, 15) is 13.5 Å². The summed E-state index contributed by atoms with van der Waals surface area (Å²) < 4.78 is 27.7. The largest absolute Gasteiger partial charge is 0.391 e. The van der Waals surface area contributed by atoms with Gasteiger partial charge in [0.25, 0.3) is 0 Å². The molecule has 0 aliphatic heterocycles. The molecule has 0 aromatic carbocycles. The van der Waals surface area contributed by atoms with Gasteiger partial charge in [-0.05, 0) is 36.1 Å². The summed E-state index contributed by atoms with van der Waals surface area (Å²) in [5, 5.41) is 11.1. The molecule has 114 valence electrons. The monoisotopic (exact) mass is 317 g/mol. The molecule has 2 rings (SSSR count). The quantitative estimate of drug-likeness (QED) is 0.877. The number of hydrogen-bond acceptors (Lipinski definition) is 4. The van der Waals surface area contributed by atoms with Crippen LogP contribution in [0.3, 0.4) is 0 Å². The van der Waals surface area contributed by atoms with Crippen molar-refractivity contribution in [3.05, 3.63) is 15.8 Å². The van der Waals surface area contributed by atoms with Crippen molar-refractivity contribution in [3.8, 4) is 0 Å². The van der Waals surface area contributed by atoms with Gasteiger partial charge in [-0.15, -0.1) is 11.3 Å². The molecule has 0 amide bonds. The molecular formula is C14H23NO3S2. The van der Waals surface area contributed by atoms with Crippen LogP contribution >= 0.6 is 11.3 Å². The number of aliphatic hydroxyl groups is 1. The summed E-state index contributed by atoms with van der Waals surface area (Å²) in [7, 11) is -3.53. The van der Waals surface area contributed by atoms with Gasteiger partial charge < -0.3 is 5.11 Å². The number of hydrogen-bond donors (Lipinski definition) is 2. The zero-order valence-corrected chi connectivity index (χ0v) is 13.7. The second kappa shape index (κ2) is 6.13. The molecule has 0 radical (unpaired) electrons. The van der Waals surface area contributed by atoms with Gasteiger partial charge in [-0.3, -0.25) is 0 Å². The van der Waals surface area contributed by atoms with Crippen molar-refractivity contribution in [1.29, 1.82) is 0 Å². The van der Waals surface area contributed by atoms with Gasteiger partial charge in [-0.2, -0.15) is 0 Å². The van der Waals surface area contributed by atoms with Crippen molar-refractivity contribution in [1.82, 2.24) is 4.72 Å². The number of nitrogens with one attached hydrogen (secondary N) is 1. The van der Waals surface area contributed by atoms with Gasteiger partial charge in [0.15, 0.2) is 0 Å². The number of rotatable bonds is 5. The average Bonchev–Trinajstić information content (AvgIpc) is 2.80. The van der Waals surface area contributed by atoms with Crippen molar-refractivity contribution in [2.45, 2.75) is 57.5 Å². The van der Waals surface area contributed by atoms with Crippen LogP contribution in [0, 0.1) is 12.3 Å². The molecule has 1 fully saturated rings. The molecule has 1 heterocycles. The Kier molecular flexibility index (Phi) is 4.89. The lowest BCUT2D eigenvalue weighted by atomic mass is 9.76. The third-order valence-corrected chi connectivity index (χ3v) is 7.00. The molecule has 0 bridgehead atoms. The van der Waals surface area contributed by atoms with Crippen molar-refractivity contribution < 1.29 is 13.5 Å². The first-order chi connectivity index (χ1) is 9.38. The van der Waals surface area contributed by atoms with Crippen molar-refractivity contribution in [3.63, 3.8) is 0 Å². The van der Waals surface area contributed by atoms with E-state index in [4.69, 9.17) is 0 Å². The summed E-state index contributed by atoms with van der Waals surface area (Å²) in [6.45, 7) is 4.18. The Morgan fingerprint density at radius 1 is 1.35 bits per heavy atom. The van der Waals surface area contributed by atoms with E-state index >= 15 is 0 Å². The minimum absolute atomic E-state index is 0.0641. The third-order valence-electron chi connectivity index (χ3n) is 4.15. The molecule has 0 atom stereocenters. The molecule has 6 heteroatoms. The lowest BCUT2D eigenvalue weighted by Gasteiger charge is -2.33. The maximum atomic E-state index is 12.5. The molecule has 0 saturated heterocycles. The predicted molar refractivity (Wildman–Crippen MR) is 81.4 cm³/mol. The Balaban J connectivity index is 2.13. The highest BCUT2D eigenvalue weighted by Gasteiger charge is 2.30. The van der Waals surface area contributed by atoms with Gasteiger partial charge in [0.1, 0.15) is 4.90 Å². The van der Waals surface area contributed by atoms with Crippen LogP contribution < -0.4 is 4.72 Å². The van der Waals surface area contributed by atoms with Crippen LogP contribution in [0.1, 0.15) is 49.5 Å². The fourth-order valence-electron chi connectivity index (χ4n) is 2.88. The summed E-state index contributed by atoms with van der Waals surface area (Å²) in [5.41, 5.74) is 0.773. The highest BCUT2D eigenvalue weighted by molar-refractivity contribution is 7.89. The van der Waals surface area contributed by atoms with E-state index in [2.05, 4.69) is 11.6 Å². The van der Waals surface area contributed by atoms with Gasteiger partial charge in [0.05, 0.1) is 11.5 Å². The van der Waals surface area contributed by atoms with E-state index in [0.29, 0.717) is 17.0 Å². The molecule has 4 nitrogen and oxygen atoms in total. The van der Waals surface area contributed by atoms with E-state index in [1.54, 1.807) is 12.3 Å². The van der Waals surface area contributed by atoms with Gasteiger partial charge in [-0.25, -0.2) is 13.1 Å². The molecular weight excluding hydrogens is 294 g/mol. The topological polar surface area (TPSA) is 66.4 Å². The molecule has 0 spiro atoms. The molecule has 1 aliphatic rings. The maximum absolute atomic E-state index is 12.5. The molecule has 1 saturated carbocycles. The van der Waals surface area contributed by atoms with Gasteiger partial charge in [-0.1, -0.05) is 26.2 Å². The van der Waals surface area contributed by atoms with Crippen LogP contribution in [0.2, 0.25) is 0 Å². The molecule has 1 aromatic rings. The summed E-state index contributed by atoms with van der Waals surface area (Å²) >= 11 is 1.29. The summed E-state index contributed by atoms with van der Waals surface area (Å²) in [4.78, 5) is 0.785. The van der Waals surface area contributed by atoms with Crippen molar-refractivity contribution in [2.75, 3.05) is 6.54 Å². The second-order valence-corrected chi connectivity index (χ2v) is 8.69. The van der Waals surface area contributed by atoms with E-state index in [1.807, 2.05) is 0 Å². The Hall–Kier alpha value is -0.430. The van der Waals surface area contributed by atoms with Gasteiger partial charge >= 0.3 is 0 Å². The fraction of sp³-hybridized carbons (Fsp3) is 0.714. The Morgan fingerprint density at radius 3 is 2.60 bits per heavy atom. The standard InChI is InChI=1S/C14H23NO3S2/c1-11-9-19-12(8-16)13(11)20(17,18)15-10-14(2)6-4-3-5-7-14/h9,15-16H,3-8,10H2,1-2H3. The first-order valence-corrected chi connectivity index (χ1v) is 9.42. The number of aliphatic hydroxyl groups excluding tert-OH is 1. The lowest BCUT2D eigenvalue weighted by molar-refractivity contribution is 0.219. The van der Waals surface area contributed by atoms with Crippen LogP contribution in [0.15, 0.2) is 10.3 Å². The molecule has 2 N–H and O–H groups in total. The summed E-state index contributed by atoms with van der Waals surface area (Å²) in [5.74, 6) is 0. The Labute approximate surface area is 125 Å². The van der Waals surface area contributed by atoms with Crippen LogP contribution in [0.5, 0.6) is 0 Å². The molecule has 0 unspecified atom stereocenters. The maximum Gasteiger partial charge on any atom is 0.242 e. The van der Waals surface area contributed by atoms with Gasteiger partial charge in [0, 0.05) is 6.54 Å². The van der Waals surface area contributed by atoms with Crippen molar-refractivity contribution >= 4 is 21.4 Å². The predicted octanol–water partition coefficient (Wildman–Crippen LogP) is 2.80. The first-order valence-electron chi connectivity index (χ1n) is 7.05. The number of aryl methyl sites for hydroxylation is 1. The normalized spacial score (nSPS) is 19.1. The highest BCUT2D eigenvalue weighted by atomic mass is 32.2. The SMILES string of the molecule is Cc1csc(CO)c1S(=O)(=O)NCC1(C)CCCCC1. The first kappa shape index (κ1) is 15.9. The summed E-state index contributed by atoms with van der Waals surface area (Å²) in [6.07, 6.45) is 5.76. The smallest absolute Gasteiger partial charge is 0.242 e. The van der Waals surface area contributed by atoms with E-state index in [-0.39, 0.29) is 16.9 Å². The van der Waals surface area contributed by atoms with E-state index in [1.165, 1.54) is 30.6 Å². The van der Waals surface area contributed by atoms with Crippen LogP contribution in [-0.4, -0.2) is 20.1 Å². The average molecular weight is 317 g/mol. The lowest BCUT2D eigenvalue weighted by Crippen LogP contribution is -2.37. The molecule has 20 heavy (non-hydrogen) atoms. The molecule has 1 aromatic heterocycles. The zero-order valence-electron chi connectivity index (χ0n) is 12.1. The minimum Gasteiger partial charge on any atom is -0.391 e. The van der Waals surface area contributed by atoms with Crippen LogP contribution in [0.25, 0.3) is 0 Å². The summed E-state index contributed by atoms with van der Waals surface area (Å²) in [6, 6.07) is 0. The van der Waals surface area contributed by atoms with E-state index in [0.717, 1.165) is 12.8 Å². The van der Waals surface area contributed by atoms with Crippen molar-refractivity contribution in [2.24, 2.45) is 5.41 Å². The molecule has 1 aliphatic carbocycles. The van der Waals surface area contributed by atoms with Crippen LogP contribution in [0.4, 0.5) is 0 Å². The Morgan fingerprint density at radius 2 is 2.00 bits per heavy atom.